The Bertz CT molecular complexity index is 485. The molecule has 0 saturated carbocycles. The van der Waals surface area contributed by atoms with Gasteiger partial charge in [0.25, 0.3) is 0 Å². The van der Waals surface area contributed by atoms with Crippen LogP contribution < -0.4 is 16.0 Å². The fourth-order valence-corrected chi connectivity index (χ4v) is 2.31. The molecule has 2 amide bonds. The molecule has 3 N–H and O–H groups in total. The molecule has 0 bridgehead atoms. The highest BCUT2D eigenvalue weighted by molar-refractivity contribution is 5.73. The van der Waals surface area contributed by atoms with E-state index in [4.69, 9.17) is 0 Å². The molecule has 1 fully saturated rings. The minimum atomic E-state index is -4.41. The summed E-state index contributed by atoms with van der Waals surface area (Å²) in [5, 5.41) is 8.33. The number of hydrogen-bond donors (Lipinski definition) is 3. The van der Waals surface area contributed by atoms with Crippen molar-refractivity contribution in [2.45, 2.75) is 19.1 Å². The highest BCUT2D eigenvalue weighted by Crippen LogP contribution is 2.31. The maximum absolute atomic E-state index is 12.8. The van der Waals surface area contributed by atoms with E-state index in [1.54, 1.807) is 0 Å². The molecule has 1 heterocycles. The predicted molar refractivity (Wildman–Crippen MR) is 72.7 cm³/mol. The van der Waals surface area contributed by atoms with E-state index in [-0.39, 0.29) is 12.1 Å². The SMILES string of the molecule is O=C(NCc1ccccc1C(F)(F)F)NCC1CCNC1. The number of urea groups is 1. The van der Waals surface area contributed by atoms with Crippen LogP contribution in [0.15, 0.2) is 24.3 Å². The minimum absolute atomic E-state index is 0.0580. The zero-order valence-electron chi connectivity index (χ0n) is 11.5. The summed E-state index contributed by atoms with van der Waals surface area (Å²) < 4.78 is 38.4. The summed E-state index contributed by atoms with van der Waals surface area (Å²) in [6.07, 6.45) is -3.42. The fourth-order valence-electron chi connectivity index (χ4n) is 2.31. The van der Waals surface area contributed by atoms with Crippen LogP contribution in [0.25, 0.3) is 0 Å². The third kappa shape index (κ3) is 4.63. The number of amides is 2. The molecule has 1 aromatic carbocycles. The molecule has 7 heteroatoms. The van der Waals surface area contributed by atoms with Gasteiger partial charge in [0, 0.05) is 13.1 Å². The third-order valence-electron chi connectivity index (χ3n) is 3.48. The minimum Gasteiger partial charge on any atom is -0.338 e. The average molecular weight is 301 g/mol. The van der Waals surface area contributed by atoms with Gasteiger partial charge < -0.3 is 16.0 Å². The summed E-state index contributed by atoms with van der Waals surface area (Å²) in [7, 11) is 0. The number of nitrogens with one attached hydrogen (secondary N) is 3. The van der Waals surface area contributed by atoms with E-state index >= 15 is 0 Å². The quantitative estimate of drug-likeness (QED) is 0.798. The Labute approximate surface area is 121 Å². The van der Waals surface area contributed by atoms with Gasteiger partial charge in [-0.05, 0) is 37.1 Å². The van der Waals surface area contributed by atoms with Crippen molar-refractivity contribution < 1.29 is 18.0 Å². The van der Waals surface area contributed by atoms with Gasteiger partial charge in [-0.1, -0.05) is 18.2 Å². The molecule has 4 nitrogen and oxygen atoms in total. The Balaban J connectivity index is 1.83. The van der Waals surface area contributed by atoms with Crippen molar-refractivity contribution in [1.82, 2.24) is 16.0 Å². The number of carbonyl (C=O) groups excluding carboxylic acids is 1. The molecule has 1 saturated heterocycles. The summed E-state index contributed by atoms with van der Waals surface area (Å²) in [6.45, 7) is 2.17. The van der Waals surface area contributed by atoms with Crippen LogP contribution >= 0.6 is 0 Å². The maximum atomic E-state index is 12.8. The number of hydrogen-bond acceptors (Lipinski definition) is 2. The Hall–Kier alpha value is -1.76. The lowest BCUT2D eigenvalue weighted by Crippen LogP contribution is -2.38. The number of alkyl halides is 3. The van der Waals surface area contributed by atoms with Crippen molar-refractivity contribution in [3.63, 3.8) is 0 Å². The maximum Gasteiger partial charge on any atom is 0.416 e. The fraction of sp³-hybridized carbons (Fsp3) is 0.500. The van der Waals surface area contributed by atoms with Gasteiger partial charge in [0.15, 0.2) is 0 Å². The average Bonchev–Trinajstić information content (AvgIpc) is 2.95. The van der Waals surface area contributed by atoms with E-state index in [1.165, 1.54) is 18.2 Å². The van der Waals surface area contributed by atoms with Crippen molar-refractivity contribution in [3.8, 4) is 0 Å². The third-order valence-corrected chi connectivity index (χ3v) is 3.48. The summed E-state index contributed by atoms with van der Waals surface area (Å²) in [6, 6.07) is 4.79. The monoisotopic (exact) mass is 301 g/mol. The first kappa shape index (κ1) is 15.6. The van der Waals surface area contributed by atoms with Gasteiger partial charge >= 0.3 is 12.2 Å². The van der Waals surface area contributed by atoms with Crippen LogP contribution in [0.2, 0.25) is 0 Å². The molecule has 0 aromatic heterocycles. The first-order valence-corrected chi connectivity index (χ1v) is 6.84. The van der Waals surface area contributed by atoms with Crippen LogP contribution in [0.5, 0.6) is 0 Å². The van der Waals surface area contributed by atoms with Crippen molar-refractivity contribution in [3.05, 3.63) is 35.4 Å². The lowest BCUT2D eigenvalue weighted by Gasteiger charge is -2.14. The van der Waals surface area contributed by atoms with Crippen LogP contribution in [0, 0.1) is 5.92 Å². The van der Waals surface area contributed by atoms with Crippen LogP contribution in [0.4, 0.5) is 18.0 Å². The highest BCUT2D eigenvalue weighted by atomic mass is 19.4. The zero-order valence-corrected chi connectivity index (χ0v) is 11.5. The molecule has 0 spiro atoms. The van der Waals surface area contributed by atoms with Crippen LogP contribution in [0.3, 0.4) is 0 Å². The highest BCUT2D eigenvalue weighted by Gasteiger charge is 2.32. The summed E-state index contributed by atoms with van der Waals surface area (Å²) in [5.74, 6) is 0.387. The van der Waals surface area contributed by atoms with E-state index in [2.05, 4.69) is 16.0 Å². The van der Waals surface area contributed by atoms with Gasteiger partial charge in [-0.3, -0.25) is 0 Å². The molecule has 116 valence electrons. The topological polar surface area (TPSA) is 53.2 Å². The molecular weight excluding hydrogens is 283 g/mol. The number of benzene rings is 1. The van der Waals surface area contributed by atoms with Gasteiger partial charge in [-0.25, -0.2) is 4.79 Å². The van der Waals surface area contributed by atoms with Crippen LogP contribution in [-0.4, -0.2) is 25.7 Å². The van der Waals surface area contributed by atoms with Crippen molar-refractivity contribution in [2.75, 3.05) is 19.6 Å². The number of halogens is 3. The molecule has 0 radical (unpaired) electrons. The summed E-state index contributed by atoms with van der Waals surface area (Å²) in [5.41, 5.74) is -0.659. The van der Waals surface area contributed by atoms with E-state index in [0.29, 0.717) is 12.5 Å². The van der Waals surface area contributed by atoms with E-state index in [1.807, 2.05) is 0 Å². The van der Waals surface area contributed by atoms with Crippen LogP contribution in [-0.2, 0) is 12.7 Å². The zero-order chi connectivity index (χ0) is 15.3. The van der Waals surface area contributed by atoms with Crippen molar-refractivity contribution in [2.24, 2.45) is 5.92 Å². The first-order valence-electron chi connectivity index (χ1n) is 6.84. The Kier molecular flexibility index (Phi) is 5.06. The molecule has 2 rings (SSSR count). The molecule has 1 atom stereocenters. The number of carbonyl (C=O) groups is 1. The van der Waals surface area contributed by atoms with Crippen molar-refractivity contribution in [1.29, 1.82) is 0 Å². The van der Waals surface area contributed by atoms with Gasteiger partial charge in [-0.2, -0.15) is 13.2 Å². The Morgan fingerprint density at radius 1 is 1.29 bits per heavy atom. The second kappa shape index (κ2) is 6.80. The largest absolute Gasteiger partial charge is 0.416 e. The summed E-state index contributed by atoms with van der Waals surface area (Å²) >= 11 is 0. The Morgan fingerprint density at radius 2 is 2.05 bits per heavy atom. The molecule has 1 aliphatic rings. The van der Waals surface area contributed by atoms with Gasteiger partial charge in [0.1, 0.15) is 0 Å². The van der Waals surface area contributed by atoms with Gasteiger partial charge in [-0.15, -0.1) is 0 Å². The second-order valence-corrected chi connectivity index (χ2v) is 5.08. The second-order valence-electron chi connectivity index (χ2n) is 5.08. The standard InChI is InChI=1S/C14H18F3N3O/c15-14(16,17)12-4-2-1-3-11(12)9-20-13(21)19-8-10-5-6-18-7-10/h1-4,10,18H,5-9H2,(H2,19,20,21). The first-order chi connectivity index (χ1) is 9.97. The lowest BCUT2D eigenvalue weighted by atomic mass is 10.1. The van der Waals surface area contributed by atoms with Gasteiger partial charge in [0.05, 0.1) is 5.56 Å². The predicted octanol–water partition coefficient (Wildman–Crippen LogP) is 2.11. The molecule has 1 unspecified atom stereocenters. The van der Waals surface area contributed by atoms with Crippen molar-refractivity contribution >= 4 is 6.03 Å². The molecule has 21 heavy (non-hydrogen) atoms. The molecule has 1 aromatic rings. The van der Waals surface area contributed by atoms with E-state index < -0.39 is 17.8 Å². The molecule has 0 aliphatic carbocycles. The molecular formula is C14H18F3N3O. The van der Waals surface area contributed by atoms with Crippen LogP contribution in [0.1, 0.15) is 17.5 Å². The molecule has 1 aliphatic heterocycles. The number of rotatable bonds is 4. The van der Waals surface area contributed by atoms with E-state index in [9.17, 15) is 18.0 Å². The summed E-state index contributed by atoms with van der Waals surface area (Å²) in [4.78, 5) is 11.6. The van der Waals surface area contributed by atoms with E-state index in [0.717, 1.165) is 25.6 Å². The lowest BCUT2D eigenvalue weighted by molar-refractivity contribution is -0.138. The smallest absolute Gasteiger partial charge is 0.338 e. The Morgan fingerprint density at radius 3 is 2.71 bits per heavy atom. The van der Waals surface area contributed by atoms with Gasteiger partial charge in [0.2, 0.25) is 0 Å². The normalized spacial score (nSPS) is 18.5.